The number of halogens is 3. The second-order valence-corrected chi connectivity index (χ2v) is 10.1. The van der Waals surface area contributed by atoms with E-state index in [1.807, 2.05) is 29.4 Å². The smallest absolute Gasteiger partial charge is 0.250 e. The number of nitrogens with zero attached hydrogens (tertiary/aromatic N) is 2. The predicted molar refractivity (Wildman–Crippen MR) is 105 cm³/mol. The first-order valence-electron chi connectivity index (χ1n) is 8.95. The van der Waals surface area contributed by atoms with Crippen LogP contribution in [0.25, 0.3) is 0 Å². The fourth-order valence-electron chi connectivity index (χ4n) is 4.11. The number of alkyl halides is 3. The van der Waals surface area contributed by atoms with Gasteiger partial charge >= 0.3 is 0 Å². The molecule has 144 valence electrons. The van der Waals surface area contributed by atoms with Crippen molar-refractivity contribution in [2.24, 2.45) is 11.8 Å². The highest BCUT2D eigenvalue weighted by Crippen LogP contribution is 2.39. The fourth-order valence-corrected chi connectivity index (χ4v) is 4.68. The van der Waals surface area contributed by atoms with Crippen LogP contribution in [0.1, 0.15) is 38.3 Å². The molecule has 8 heteroatoms. The Morgan fingerprint density at radius 1 is 1.27 bits per heavy atom. The summed E-state index contributed by atoms with van der Waals surface area (Å²) in [7, 11) is 0. The molecule has 0 aromatic carbocycles. The third-order valence-corrected chi connectivity index (χ3v) is 5.69. The Morgan fingerprint density at radius 2 is 2.00 bits per heavy atom. The largest absolute Gasteiger partial charge is 0.337 e. The first-order valence-corrected chi connectivity index (χ1v) is 10.1. The van der Waals surface area contributed by atoms with E-state index in [-0.39, 0.29) is 23.3 Å². The standard InChI is InChI=1S/C18H24Cl3N3O2/c1-11(2)6-15(25)22-17(18(19,20)21)23-8-12-7-13(10-23)14-4-3-5-16(26)24(14)9-12/h3-5,11-13,17H,6-10H2,1-2H3,(H,22,25)/t12-,13-,17-/m0/s1. The minimum absolute atomic E-state index is 0.0359. The van der Waals surface area contributed by atoms with Crippen molar-refractivity contribution in [2.45, 2.75) is 49.1 Å². The Hall–Kier alpha value is -0.750. The van der Waals surface area contributed by atoms with Gasteiger partial charge in [0.05, 0.1) is 0 Å². The van der Waals surface area contributed by atoms with Crippen molar-refractivity contribution in [3.63, 3.8) is 0 Å². The molecule has 2 bridgehead atoms. The molecule has 1 fully saturated rings. The maximum absolute atomic E-state index is 12.3. The summed E-state index contributed by atoms with van der Waals surface area (Å²) in [6, 6.07) is 5.39. The Kier molecular flexibility index (Phi) is 5.92. The van der Waals surface area contributed by atoms with Crippen molar-refractivity contribution in [3.05, 3.63) is 34.2 Å². The molecule has 26 heavy (non-hydrogen) atoms. The molecule has 3 rings (SSSR count). The normalized spacial score (nSPS) is 24.2. The zero-order valence-corrected chi connectivity index (χ0v) is 17.2. The number of hydrogen-bond donors (Lipinski definition) is 1. The minimum atomic E-state index is -1.63. The Balaban J connectivity index is 1.82. The molecule has 1 aromatic heterocycles. The summed E-state index contributed by atoms with van der Waals surface area (Å²) >= 11 is 18.6. The number of fused-ring (bicyclic) bond motifs is 4. The lowest BCUT2D eigenvalue weighted by atomic mass is 9.83. The molecular weight excluding hydrogens is 397 g/mol. The number of hydrogen-bond acceptors (Lipinski definition) is 3. The first-order chi connectivity index (χ1) is 12.1. The van der Waals surface area contributed by atoms with Crippen molar-refractivity contribution in [2.75, 3.05) is 13.1 Å². The number of piperidine rings is 1. The second-order valence-electron chi connectivity index (χ2n) is 7.76. The van der Waals surface area contributed by atoms with E-state index in [1.54, 1.807) is 12.1 Å². The van der Waals surface area contributed by atoms with Gasteiger partial charge in [0.25, 0.3) is 5.56 Å². The van der Waals surface area contributed by atoms with Crippen LogP contribution in [0.15, 0.2) is 23.0 Å². The topological polar surface area (TPSA) is 54.3 Å². The third kappa shape index (κ3) is 4.38. The van der Waals surface area contributed by atoms with E-state index in [4.69, 9.17) is 34.8 Å². The molecule has 1 N–H and O–H groups in total. The van der Waals surface area contributed by atoms with Crippen molar-refractivity contribution in [3.8, 4) is 0 Å². The average molecular weight is 421 g/mol. The summed E-state index contributed by atoms with van der Waals surface area (Å²) in [5, 5.41) is 2.91. The lowest BCUT2D eigenvalue weighted by Gasteiger charge is -2.47. The number of pyridine rings is 1. The van der Waals surface area contributed by atoms with Crippen molar-refractivity contribution < 1.29 is 4.79 Å². The lowest BCUT2D eigenvalue weighted by molar-refractivity contribution is -0.124. The van der Waals surface area contributed by atoms with Crippen LogP contribution in [0.3, 0.4) is 0 Å². The zero-order chi connectivity index (χ0) is 19.1. The highest BCUT2D eigenvalue weighted by atomic mass is 35.6. The number of rotatable bonds is 4. The van der Waals surface area contributed by atoms with Gasteiger partial charge in [0, 0.05) is 43.7 Å². The summed E-state index contributed by atoms with van der Waals surface area (Å²) in [4.78, 5) is 26.5. The lowest BCUT2D eigenvalue weighted by Crippen LogP contribution is -2.60. The zero-order valence-electron chi connectivity index (χ0n) is 14.9. The van der Waals surface area contributed by atoms with E-state index < -0.39 is 9.96 Å². The van der Waals surface area contributed by atoms with Gasteiger partial charge in [0.2, 0.25) is 9.70 Å². The molecule has 3 heterocycles. The molecule has 5 nitrogen and oxygen atoms in total. The van der Waals surface area contributed by atoms with Gasteiger partial charge in [0.15, 0.2) is 0 Å². The highest BCUT2D eigenvalue weighted by molar-refractivity contribution is 6.68. The van der Waals surface area contributed by atoms with E-state index >= 15 is 0 Å². The van der Waals surface area contributed by atoms with Crippen molar-refractivity contribution >= 4 is 40.7 Å². The molecule has 0 spiro atoms. The van der Waals surface area contributed by atoms with Crippen molar-refractivity contribution in [1.29, 1.82) is 0 Å². The van der Waals surface area contributed by atoms with Crippen LogP contribution in [-0.4, -0.2) is 38.4 Å². The summed E-state index contributed by atoms with van der Waals surface area (Å²) in [5.74, 6) is 0.584. The minimum Gasteiger partial charge on any atom is -0.337 e. The molecule has 3 atom stereocenters. The maximum atomic E-state index is 12.3. The highest BCUT2D eigenvalue weighted by Gasteiger charge is 2.44. The average Bonchev–Trinajstić information content (AvgIpc) is 2.52. The van der Waals surface area contributed by atoms with E-state index in [9.17, 15) is 9.59 Å². The van der Waals surface area contributed by atoms with Crippen molar-refractivity contribution in [1.82, 2.24) is 14.8 Å². The molecule has 1 aromatic rings. The molecule has 2 aliphatic rings. The van der Waals surface area contributed by atoms with Gasteiger partial charge in [-0.2, -0.15) is 0 Å². The molecule has 2 aliphatic heterocycles. The molecule has 0 aliphatic carbocycles. The molecule has 1 amide bonds. The summed E-state index contributed by atoms with van der Waals surface area (Å²) in [5.41, 5.74) is 1.06. The molecule has 0 saturated carbocycles. The summed E-state index contributed by atoms with van der Waals surface area (Å²) < 4.78 is 0.229. The summed E-state index contributed by atoms with van der Waals surface area (Å²) in [6.07, 6.45) is 0.703. The molecular formula is C18H24Cl3N3O2. The fraction of sp³-hybridized carbons (Fsp3) is 0.667. The monoisotopic (exact) mass is 419 g/mol. The first kappa shape index (κ1) is 20.0. The van der Waals surface area contributed by atoms with Crippen LogP contribution in [0, 0.1) is 11.8 Å². The SMILES string of the molecule is CC(C)CC(=O)N[C@@H](N1C[C@@H]2C[C@@H](C1)c1cccc(=O)n1C2)C(Cl)(Cl)Cl. The van der Waals surface area contributed by atoms with Crippen LogP contribution in [-0.2, 0) is 11.3 Å². The number of carbonyl (C=O) groups is 1. The quantitative estimate of drug-likeness (QED) is 0.761. The van der Waals surface area contributed by atoms with Crippen LogP contribution >= 0.6 is 34.8 Å². The number of nitrogens with one attached hydrogen (secondary N) is 1. The predicted octanol–water partition coefficient (Wildman–Crippen LogP) is 3.13. The van der Waals surface area contributed by atoms with Gasteiger partial charge in [-0.15, -0.1) is 0 Å². The van der Waals surface area contributed by atoms with E-state index in [1.165, 1.54) is 0 Å². The Labute approximate surface area is 168 Å². The summed E-state index contributed by atoms with van der Waals surface area (Å²) in [6.45, 7) is 5.93. The van der Waals surface area contributed by atoms with E-state index in [2.05, 4.69) is 5.32 Å². The third-order valence-electron chi connectivity index (χ3n) is 5.07. The van der Waals surface area contributed by atoms with Gasteiger partial charge in [-0.1, -0.05) is 54.7 Å². The van der Waals surface area contributed by atoms with Gasteiger partial charge in [-0.25, -0.2) is 0 Å². The van der Waals surface area contributed by atoms with Gasteiger partial charge < -0.3 is 9.88 Å². The molecule has 0 unspecified atom stereocenters. The Bertz CT molecular complexity index is 729. The van der Waals surface area contributed by atoms with Gasteiger partial charge in [-0.05, 0) is 24.3 Å². The van der Waals surface area contributed by atoms with Crippen LogP contribution in [0.4, 0.5) is 0 Å². The van der Waals surface area contributed by atoms with Crippen LogP contribution in [0.5, 0.6) is 0 Å². The van der Waals surface area contributed by atoms with Gasteiger partial charge in [0.1, 0.15) is 6.17 Å². The number of carbonyl (C=O) groups excluding carboxylic acids is 1. The van der Waals surface area contributed by atoms with Gasteiger partial charge in [-0.3, -0.25) is 14.5 Å². The number of aromatic nitrogens is 1. The number of likely N-dealkylation sites (tertiary alicyclic amines) is 1. The maximum Gasteiger partial charge on any atom is 0.250 e. The van der Waals surface area contributed by atoms with Crippen LogP contribution < -0.4 is 10.9 Å². The number of amides is 1. The van der Waals surface area contributed by atoms with E-state index in [0.29, 0.717) is 32.0 Å². The second kappa shape index (κ2) is 7.70. The Morgan fingerprint density at radius 3 is 2.65 bits per heavy atom. The molecule has 1 saturated heterocycles. The van der Waals surface area contributed by atoms with Crippen LogP contribution in [0.2, 0.25) is 0 Å². The molecule has 0 radical (unpaired) electrons. The van der Waals surface area contributed by atoms with E-state index in [0.717, 1.165) is 12.1 Å².